The number of hydrogen-bond acceptors (Lipinski definition) is 22. The van der Waals surface area contributed by atoms with E-state index >= 15 is 13.3 Å². The van der Waals surface area contributed by atoms with Crippen molar-refractivity contribution in [2.24, 2.45) is 0 Å². The number of alkyl halides is 2. The minimum Gasteiger partial charge on any atom is -0.492 e. The number of nitrogens with two attached hydrogens (primary N) is 2. The lowest BCUT2D eigenvalue weighted by atomic mass is 9.96. The quantitative estimate of drug-likeness (QED) is 0.0509. The zero-order valence-electron chi connectivity index (χ0n) is 44.5. The van der Waals surface area contributed by atoms with Crippen LogP contribution in [0.2, 0.25) is 0 Å². The van der Waals surface area contributed by atoms with Gasteiger partial charge in [-0.05, 0) is 71.0 Å². The van der Waals surface area contributed by atoms with Crippen LogP contribution in [0.15, 0.2) is 127 Å². The summed E-state index contributed by atoms with van der Waals surface area (Å²) < 4.78 is 115. The predicted octanol–water partition coefficient (Wildman–Crippen LogP) is 6.97. The largest absolute Gasteiger partial charge is 0.492 e. The van der Waals surface area contributed by atoms with Crippen LogP contribution in [0.3, 0.4) is 0 Å². The van der Waals surface area contributed by atoms with E-state index in [4.69, 9.17) is 48.5 Å². The molecule has 13 rings (SSSR count). The number of carbonyl (C=O) groups excluding carboxylic acids is 1. The fraction of sp³-hybridized carbons (Fsp3) is 0.283. The Kier molecular flexibility index (Phi) is 14.7. The van der Waals surface area contributed by atoms with Gasteiger partial charge in [0.2, 0.25) is 5.95 Å². The first kappa shape index (κ1) is 55.4. The Morgan fingerprint density at radius 3 is 2.24 bits per heavy atom. The molecule has 9 aromatic rings. The van der Waals surface area contributed by atoms with Crippen LogP contribution in [-0.4, -0.2) is 126 Å². The van der Waals surface area contributed by atoms with Crippen molar-refractivity contribution in [1.29, 1.82) is 0 Å². The van der Waals surface area contributed by atoms with Crippen molar-refractivity contribution in [2.75, 3.05) is 43.2 Å². The number of aromatic nitrogens is 10. The van der Waals surface area contributed by atoms with E-state index in [0.717, 1.165) is 52.2 Å². The summed E-state index contributed by atoms with van der Waals surface area (Å²) in [5.41, 5.74) is 18.3. The van der Waals surface area contributed by atoms with E-state index in [1.165, 1.54) is 35.3 Å². The maximum absolute atomic E-state index is 17.1. The van der Waals surface area contributed by atoms with Gasteiger partial charge >= 0.3 is 12.8 Å². The Morgan fingerprint density at radius 1 is 0.810 bits per heavy atom. The number of pyridine rings is 1. The summed E-state index contributed by atoms with van der Waals surface area (Å²) in [6, 6.07) is 30.7. The van der Waals surface area contributed by atoms with Gasteiger partial charge in [0.15, 0.2) is 41.6 Å². The Labute approximate surface area is 480 Å². The highest BCUT2D eigenvalue weighted by Gasteiger charge is 2.55. The molecule has 84 heavy (non-hydrogen) atoms. The van der Waals surface area contributed by atoms with Gasteiger partial charge in [-0.3, -0.25) is 32.5 Å². The van der Waals surface area contributed by atoms with Crippen LogP contribution in [0.1, 0.15) is 33.9 Å². The summed E-state index contributed by atoms with van der Waals surface area (Å²) in [7, 11) is -1.12. The molecule has 0 bridgehead atoms. The number of benzene rings is 4. The topological polar surface area (TPSA) is 305 Å². The van der Waals surface area contributed by atoms with Gasteiger partial charge in [0.1, 0.15) is 53.7 Å². The van der Waals surface area contributed by atoms with Gasteiger partial charge in [-0.15, -0.1) is 5.10 Å². The summed E-state index contributed by atoms with van der Waals surface area (Å²) in [6.07, 6.45) is -9.87. The molecule has 0 radical (unpaired) electrons. The molecular weight excluding hydrogens is 1150 g/mol. The first-order valence-electron chi connectivity index (χ1n) is 26.3. The monoisotopic (exact) mass is 1200 g/mol. The Balaban J connectivity index is 0.693. The molecule has 5 aromatic heterocycles. The molecule has 4 aromatic carbocycles. The third kappa shape index (κ3) is 10.6. The Bertz CT molecular complexity index is 4150. The number of carbonyl (C=O) groups is 1. The number of H-pyrrole nitrogens is 1. The van der Waals surface area contributed by atoms with Gasteiger partial charge in [-0.25, -0.2) is 37.8 Å². The van der Waals surface area contributed by atoms with Crippen molar-refractivity contribution < 1.29 is 59.7 Å². The summed E-state index contributed by atoms with van der Waals surface area (Å²) in [4.78, 5) is 47.3. The molecule has 0 spiro atoms. The molecule has 31 heteroatoms. The van der Waals surface area contributed by atoms with Gasteiger partial charge in [-0.2, -0.15) is 4.98 Å². The lowest BCUT2D eigenvalue weighted by Gasteiger charge is -2.30. The number of imidazole rings is 2. The standard InChI is InChI=1S/C53H50BF2N13O12P2S/c1-66-22-30-6-2-3-7-33(30)44-41(34-8-4-5-9-36(34)66)64-65-69(44)20-21-74-31-16-12-29(13-17-31)52(71)77-32-14-10-28(11-15-32)25-84-83(73)76-24-38-45(39(55)51(79-38)68-27-61-43-48(68)62-53(58)63-49(43)70)80-82(54,72)75-23-37-46(81-83)40(56)50(78-37)67-26-60-42-35(57)18-19-59-47(42)67/h2-19,26-27,37-40,45-46,50-51H,20-25,54H2,1H3,(H2,57,59)(H3,58,62,63,70)/t37-,38-,39-,40-,45-,46-,50-,51-,82+,83-/m1/s1. The molecule has 10 atom stereocenters. The van der Waals surface area contributed by atoms with E-state index in [0.29, 0.717) is 35.8 Å². The highest BCUT2D eigenvalue weighted by Crippen LogP contribution is 2.65. The maximum Gasteiger partial charge on any atom is 0.389 e. The van der Waals surface area contributed by atoms with Crippen LogP contribution >= 0.6 is 25.7 Å². The summed E-state index contributed by atoms with van der Waals surface area (Å²) in [5.74, 6) is -0.287. The van der Waals surface area contributed by atoms with E-state index < -0.39 is 88.2 Å². The number of para-hydroxylation sites is 1. The molecule has 4 aliphatic rings. The fourth-order valence-corrected chi connectivity index (χ4v) is 15.1. The van der Waals surface area contributed by atoms with Gasteiger partial charge in [-0.1, -0.05) is 59.8 Å². The highest BCUT2D eigenvalue weighted by molar-refractivity contribution is 8.54. The van der Waals surface area contributed by atoms with Gasteiger partial charge in [0.25, 0.3) is 20.6 Å². The third-order valence-corrected chi connectivity index (χ3v) is 19.5. The van der Waals surface area contributed by atoms with E-state index in [1.807, 2.05) is 28.9 Å². The summed E-state index contributed by atoms with van der Waals surface area (Å²) >= 11 is 0.670. The summed E-state index contributed by atoms with van der Waals surface area (Å²) in [6.45, 7) is -4.62. The molecule has 0 saturated carbocycles. The van der Waals surface area contributed by atoms with Crippen molar-refractivity contribution in [2.45, 2.75) is 68.1 Å². The van der Waals surface area contributed by atoms with Crippen LogP contribution in [0.4, 0.5) is 26.1 Å². The lowest BCUT2D eigenvalue weighted by Crippen LogP contribution is -2.37. The molecule has 3 fully saturated rings. The normalized spacial score (nSPS) is 26.0. The van der Waals surface area contributed by atoms with Crippen LogP contribution in [0.5, 0.6) is 11.5 Å². The molecule has 3 saturated heterocycles. The molecular formula is C53H50BF2N13O12P2S. The van der Waals surface area contributed by atoms with E-state index in [-0.39, 0.29) is 57.6 Å². The highest BCUT2D eigenvalue weighted by atomic mass is 32.7. The predicted molar refractivity (Wildman–Crippen MR) is 305 cm³/mol. The van der Waals surface area contributed by atoms with Gasteiger partial charge in [0, 0.05) is 42.4 Å². The number of fused-ring (bicyclic) bond motifs is 9. The average molecular weight is 1200 g/mol. The molecule has 0 unspecified atom stereocenters. The number of nitrogen functional groups attached to an aromatic ring is 2. The zero-order valence-corrected chi connectivity index (χ0v) is 47.1. The van der Waals surface area contributed by atoms with Crippen LogP contribution < -0.4 is 31.4 Å². The second kappa shape index (κ2) is 22.3. The number of hydrogen-bond donors (Lipinski definition) is 3. The minimum atomic E-state index is -4.61. The number of aromatic amines is 1. The molecule has 25 nitrogen and oxygen atoms in total. The van der Waals surface area contributed by atoms with Crippen molar-refractivity contribution >= 4 is 78.8 Å². The third-order valence-electron chi connectivity index (χ3n) is 14.6. The van der Waals surface area contributed by atoms with Crippen LogP contribution in [0.25, 0.3) is 44.8 Å². The number of nitrogens with zero attached hydrogens (tertiary/aromatic N) is 10. The fourth-order valence-electron chi connectivity index (χ4n) is 10.6. The minimum absolute atomic E-state index is 0.0810. The smallest absolute Gasteiger partial charge is 0.389 e. The van der Waals surface area contributed by atoms with Gasteiger partial charge < -0.3 is 44.4 Å². The molecule has 4 aliphatic heterocycles. The lowest BCUT2D eigenvalue weighted by molar-refractivity contribution is -0.0546. The number of halogens is 2. The zero-order chi connectivity index (χ0) is 58.0. The SMILES string of the molecule is B[P@]1(=O)OC[C@H]2O[C@@H](n3cnc4c(N)ccnc43)[C@H](F)[C@@H]2O[P@](=O)(SCc2ccc(OC(=O)c3ccc(OCCn4nnc5c4-c4ccccc4CN(C)c4ccccc4-5)cc3)cc2)OC[C@H]2O[C@@H](n3cnc4c(=O)[nH]c(N)nc43)[C@H](F)[C@@H]2O1. The van der Waals surface area contributed by atoms with Crippen molar-refractivity contribution in [1.82, 2.24) is 49.0 Å². The number of rotatable bonds is 11. The molecule has 0 aliphatic carbocycles. The van der Waals surface area contributed by atoms with E-state index in [9.17, 15) is 14.2 Å². The van der Waals surface area contributed by atoms with Crippen LogP contribution in [0, 0.1) is 0 Å². The van der Waals surface area contributed by atoms with Crippen molar-refractivity contribution in [3.05, 3.63) is 149 Å². The van der Waals surface area contributed by atoms with Crippen LogP contribution in [-0.2, 0) is 55.5 Å². The van der Waals surface area contributed by atoms with Crippen molar-refractivity contribution in [3.8, 4) is 34.0 Å². The maximum atomic E-state index is 17.1. The molecule has 5 N–H and O–H groups in total. The van der Waals surface area contributed by atoms with Crippen molar-refractivity contribution in [3.63, 3.8) is 0 Å². The number of anilines is 3. The first-order chi connectivity index (χ1) is 40.6. The van der Waals surface area contributed by atoms with Gasteiger partial charge in [0.05, 0.1) is 49.4 Å². The van der Waals surface area contributed by atoms with E-state index in [1.54, 1.807) is 36.4 Å². The molecule has 0 amide bonds. The average Bonchev–Trinajstić information content (AvgIpc) is 3.10. The molecule has 9 heterocycles. The molecule has 432 valence electrons. The van der Waals surface area contributed by atoms with E-state index in [2.05, 4.69) is 71.4 Å². The Hall–Kier alpha value is -7.85. The second-order valence-electron chi connectivity index (χ2n) is 20.2. The summed E-state index contributed by atoms with van der Waals surface area (Å²) in [5, 5.41) is 9.19. The number of esters is 1. The second-order valence-corrected chi connectivity index (χ2v) is 26.2. The first-order valence-corrected chi connectivity index (χ1v) is 31.4. The Morgan fingerprint density at radius 2 is 1.48 bits per heavy atom. The number of nitrogens with one attached hydrogen (secondary N) is 1. The number of ether oxygens (including phenoxy) is 4.